The zero-order valence-electron chi connectivity index (χ0n) is 11.5. The van der Waals surface area contributed by atoms with Crippen molar-refractivity contribution in [1.29, 1.82) is 0 Å². The van der Waals surface area contributed by atoms with E-state index in [1.807, 2.05) is 6.07 Å². The van der Waals surface area contributed by atoms with E-state index in [1.165, 1.54) is 12.1 Å². The number of nitrogens with one attached hydrogen (secondary N) is 1. The van der Waals surface area contributed by atoms with Crippen LogP contribution in [0.3, 0.4) is 0 Å². The highest BCUT2D eigenvalue weighted by atomic mass is 79.9. The number of halogens is 5. The van der Waals surface area contributed by atoms with Gasteiger partial charge in [-0.05, 0) is 42.0 Å². The minimum absolute atomic E-state index is 0.0191. The van der Waals surface area contributed by atoms with Crippen molar-refractivity contribution in [2.75, 3.05) is 5.32 Å². The molecule has 0 aliphatic carbocycles. The molecule has 1 amide bonds. The zero-order chi connectivity index (χ0) is 17.0. The quantitative estimate of drug-likeness (QED) is 0.646. The van der Waals surface area contributed by atoms with Crippen molar-refractivity contribution in [3.63, 3.8) is 0 Å². The summed E-state index contributed by atoms with van der Waals surface area (Å²) in [4.78, 5) is 11.8. The van der Waals surface area contributed by atoms with E-state index < -0.39 is 22.7 Å². The molecule has 0 spiro atoms. The van der Waals surface area contributed by atoms with Crippen LogP contribution in [-0.2, 0) is 11.0 Å². The summed E-state index contributed by atoms with van der Waals surface area (Å²) in [7, 11) is 0. The van der Waals surface area contributed by atoms with Gasteiger partial charge in [-0.3, -0.25) is 4.79 Å². The Morgan fingerprint density at radius 2 is 1.91 bits per heavy atom. The van der Waals surface area contributed by atoms with Crippen LogP contribution in [0.2, 0.25) is 5.02 Å². The molecule has 0 aromatic heterocycles. The van der Waals surface area contributed by atoms with Crippen LogP contribution < -0.4 is 5.32 Å². The summed E-state index contributed by atoms with van der Waals surface area (Å²) >= 11 is 8.83. The van der Waals surface area contributed by atoms with Crippen molar-refractivity contribution < 1.29 is 18.0 Å². The van der Waals surface area contributed by atoms with Gasteiger partial charge in [-0.2, -0.15) is 13.2 Å². The van der Waals surface area contributed by atoms with E-state index in [0.29, 0.717) is 0 Å². The van der Waals surface area contributed by atoms with Crippen LogP contribution in [0, 0.1) is 0 Å². The number of benzene rings is 2. The fourth-order valence-corrected chi connectivity index (χ4v) is 2.43. The average molecular weight is 405 g/mol. The summed E-state index contributed by atoms with van der Waals surface area (Å²) in [6.07, 6.45) is -1.78. The SMILES string of the molecule is O=C(C=Cc1cccc(Br)c1)Nc1ccc(Cl)c(C(F)(F)F)c1. The maximum Gasteiger partial charge on any atom is 0.417 e. The number of hydrogen-bond acceptors (Lipinski definition) is 1. The highest BCUT2D eigenvalue weighted by Crippen LogP contribution is 2.36. The van der Waals surface area contributed by atoms with E-state index in [0.717, 1.165) is 22.2 Å². The Morgan fingerprint density at radius 3 is 2.57 bits per heavy atom. The van der Waals surface area contributed by atoms with Crippen LogP contribution in [0.1, 0.15) is 11.1 Å². The number of anilines is 1. The van der Waals surface area contributed by atoms with Crippen molar-refractivity contribution in [2.24, 2.45) is 0 Å². The first-order valence-corrected chi connectivity index (χ1v) is 7.54. The predicted molar refractivity (Wildman–Crippen MR) is 88.3 cm³/mol. The number of amides is 1. The van der Waals surface area contributed by atoms with Gasteiger partial charge in [-0.15, -0.1) is 0 Å². The normalized spacial score (nSPS) is 11.7. The smallest absolute Gasteiger partial charge is 0.322 e. The molecular formula is C16H10BrClF3NO. The van der Waals surface area contributed by atoms with E-state index in [4.69, 9.17) is 11.6 Å². The monoisotopic (exact) mass is 403 g/mol. The lowest BCUT2D eigenvalue weighted by molar-refractivity contribution is -0.137. The Hall–Kier alpha value is -1.79. The molecule has 120 valence electrons. The molecule has 7 heteroatoms. The van der Waals surface area contributed by atoms with Crippen LogP contribution in [0.4, 0.5) is 18.9 Å². The second kappa shape index (κ2) is 7.19. The molecule has 0 fully saturated rings. The second-order valence-corrected chi connectivity index (χ2v) is 5.89. The van der Waals surface area contributed by atoms with Gasteiger partial charge in [0, 0.05) is 16.2 Å². The fourth-order valence-electron chi connectivity index (χ4n) is 1.79. The maximum absolute atomic E-state index is 12.8. The van der Waals surface area contributed by atoms with Crippen molar-refractivity contribution >= 4 is 45.2 Å². The van der Waals surface area contributed by atoms with Crippen LogP contribution in [0.5, 0.6) is 0 Å². The topological polar surface area (TPSA) is 29.1 Å². The van der Waals surface area contributed by atoms with Gasteiger partial charge >= 0.3 is 6.18 Å². The van der Waals surface area contributed by atoms with E-state index >= 15 is 0 Å². The molecule has 0 unspecified atom stereocenters. The molecule has 2 aromatic rings. The molecule has 2 aromatic carbocycles. The van der Waals surface area contributed by atoms with Gasteiger partial charge in [0.15, 0.2) is 0 Å². The molecule has 0 aliphatic heterocycles. The van der Waals surface area contributed by atoms with E-state index in [2.05, 4.69) is 21.2 Å². The molecule has 2 nitrogen and oxygen atoms in total. The Kier molecular flexibility index (Phi) is 5.49. The largest absolute Gasteiger partial charge is 0.417 e. The van der Waals surface area contributed by atoms with Gasteiger partial charge in [-0.1, -0.05) is 39.7 Å². The zero-order valence-corrected chi connectivity index (χ0v) is 13.8. The van der Waals surface area contributed by atoms with Crippen molar-refractivity contribution in [2.45, 2.75) is 6.18 Å². The minimum Gasteiger partial charge on any atom is -0.322 e. The lowest BCUT2D eigenvalue weighted by Crippen LogP contribution is -2.11. The maximum atomic E-state index is 12.8. The lowest BCUT2D eigenvalue weighted by Gasteiger charge is -2.11. The molecule has 0 aliphatic rings. The molecule has 23 heavy (non-hydrogen) atoms. The summed E-state index contributed by atoms with van der Waals surface area (Å²) in [5.74, 6) is -0.541. The highest BCUT2D eigenvalue weighted by molar-refractivity contribution is 9.10. The van der Waals surface area contributed by atoms with Gasteiger partial charge < -0.3 is 5.32 Å². The van der Waals surface area contributed by atoms with E-state index in [1.54, 1.807) is 24.3 Å². The number of rotatable bonds is 3. The Balaban J connectivity index is 2.12. The predicted octanol–water partition coefficient (Wildman–Crippen LogP) is 5.77. The number of hydrogen-bond donors (Lipinski definition) is 1. The first-order chi connectivity index (χ1) is 10.8. The number of carbonyl (C=O) groups excluding carboxylic acids is 1. The van der Waals surface area contributed by atoms with Crippen molar-refractivity contribution in [1.82, 2.24) is 0 Å². The van der Waals surface area contributed by atoms with Crippen molar-refractivity contribution in [3.8, 4) is 0 Å². The highest BCUT2D eigenvalue weighted by Gasteiger charge is 2.33. The van der Waals surface area contributed by atoms with Crippen LogP contribution in [0.15, 0.2) is 53.0 Å². The summed E-state index contributed by atoms with van der Waals surface area (Å²) in [6, 6.07) is 10.4. The third-order valence-electron chi connectivity index (χ3n) is 2.82. The lowest BCUT2D eigenvalue weighted by atomic mass is 10.2. The molecule has 0 saturated carbocycles. The molecule has 0 radical (unpaired) electrons. The summed E-state index contributed by atoms with van der Waals surface area (Å²) in [5.41, 5.74) is -0.194. The molecule has 0 saturated heterocycles. The molecular weight excluding hydrogens is 395 g/mol. The first kappa shape index (κ1) is 17.6. The van der Waals surface area contributed by atoms with Crippen LogP contribution in [0.25, 0.3) is 6.08 Å². The fraction of sp³-hybridized carbons (Fsp3) is 0.0625. The van der Waals surface area contributed by atoms with Gasteiger partial charge in [0.05, 0.1) is 10.6 Å². The summed E-state index contributed by atoms with van der Waals surface area (Å²) in [5, 5.41) is 1.95. The molecule has 2 rings (SSSR count). The first-order valence-electron chi connectivity index (χ1n) is 6.37. The van der Waals surface area contributed by atoms with Gasteiger partial charge in [0.2, 0.25) is 5.91 Å². The minimum atomic E-state index is -4.58. The van der Waals surface area contributed by atoms with Gasteiger partial charge in [0.25, 0.3) is 0 Å². The third kappa shape index (κ3) is 5.11. The average Bonchev–Trinajstić information content (AvgIpc) is 2.46. The standard InChI is InChI=1S/C16H10BrClF3NO/c17-11-3-1-2-10(8-11)4-7-15(23)22-12-5-6-14(18)13(9-12)16(19,20)21/h1-9H,(H,22,23). The van der Waals surface area contributed by atoms with E-state index in [-0.39, 0.29) is 5.69 Å². The number of alkyl halides is 3. The Bertz CT molecular complexity index is 759. The molecule has 0 bridgehead atoms. The van der Waals surface area contributed by atoms with Crippen LogP contribution in [-0.4, -0.2) is 5.91 Å². The summed E-state index contributed by atoms with van der Waals surface area (Å²) < 4.78 is 39.1. The van der Waals surface area contributed by atoms with Gasteiger partial charge in [0.1, 0.15) is 0 Å². The van der Waals surface area contributed by atoms with E-state index in [9.17, 15) is 18.0 Å². The third-order valence-corrected chi connectivity index (χ3v) is 3.64. The molecule has 0 heterocycles. The van der Waals surface area contributed by atoms with Crippen LogP contribution >= 0.6 is 27.5 Å². The second-order valence-electron chi connectivity index (χ2n) is 4.57. The summed E-state index contributed by atoms with van der Waals surface area (Å²) in [6.45, 7) is 0. The Labute approximate surface area is 144 Å². The van der Waals surface area contributed by atoms with Crippen molar-refractivity contribution in [3.05, 3.63) is 69.2 Å². The molecule has 0 atom stereocenters. The molecule has 1 N–H and O–H groups in total. The number of carbonyl (C=O) groups is 1. The Morgan fingerprint density at radius 1 is 1.17 bits per heavy atom. The van der Waals surface area contributed by atoms with Gasteiger partial charge in [-0.25, -0.2) is 0 Å².